The summed E-state index contributed by atoms with van der Waals surface area (Å²) >= 11 is 3.28. The van der Waals surface area contributed by atoms with Crippen molar-refractivity contribution in [2.24, 2.45) is 0 Å². The van der Waals surface area contributed by atoms with Gasteiger partial charge in [0.1, 0.15) is 5.75 Å². The van der Waals surface area contributed by atoms with E-state index in [4.69, 9.17) is 4.74 Å². The van der Waals surface area contributed by atoms with Crippen molar-refractivity contribution in [3.05, 3.63) is 58.6 Å². The Bertz CT molecular complexity index is 722. The molecule has 1 N–H and O–H groups in total. The second-order valence-corrected chi connectivity index (χ2v) is 5.36. The molecule has 0 saturated carbocycles. The number of hydrogen-bond donors (Lipinski definition) is 1. The number of anilines is 1. The minimum absolute atomic E-state index is 0.0757. The van der Waals surface area contributed by atoms with Crippen molar-refractivity contribution in [3.8, 4) is 5.75 Å². The number of carbonyl (C=O) groups is 2. The lowest BCUT2D eigenvalue weighted by Gasteiger charge is -2.08. The summed E-state index contributed by atoms with van der Waals surface area (Å²) in [5.74, 6) is -1.33. The molecule has 0 aliphatic heterocycles. The average Bonchev–Trinajstić information content (AvgIpc) is 2.55. The smallest absolute Gasteiger partial charge is 0.387 e. The first-order valence-electron chi connectivity index (χ1n) is 6.72. The summed E-state index contributed by atoms with van der Waals surface area (Å²) in [6.07, 6.45) is 0. The van der Waals surface area contributed by atoms with Crippen LogP contribution in [0.1, 0.15) is 10.4 Å². The number of amides is 1. The quantitative estimate of drug-likeness (QED) is 0.749. The fraction of sp³-hybridized carbons (Fsp3) is 0.125. The van der Waals surface area contributed by atoms with Crippen LogP contribution in [0.5, 0.6) is 5.75 Å². The van der Waals surface area contributed by atoms with E-state index in [0.717, 1.165) is 0 Å². The fourth-order valence-electron chi connectivity index (χ4n) is 1.74. The molecular formula is C16H12BrF2NO4. The summed E-state index contributed by atoms with van der Waals surface area (Å²) in [5.41, 5.74) is 0.664. The largest absolute Gasteiger partial charge is 0.452 e. The van der Waals surface area contributed by atoms with Gasteiger partial charge in [-0.1, -0.05) is 12.1 Å². The molecule has 0 aromatic heterocycles. The molecule has 5 nitrogen and oxygen atoms in total. The number of carbonyl (C=O) groups excluding carboxylic acids is 2. The lowest BCUT2D eigenvalue weighted by atomic mass is 10.2. The van der Waals surface area contributed by atoms with E-state index >= 15 is 0 Å². The molecule has 2 aromatic carbocycles. The van der Waals surface area contributed by atoms with E-state index in [-0.39, 0.29) is 11.3 Å². The van der Waals surface area contributed by atoms with Crippen LogP contribution in [0.2, 0.25) is 0 Å². The van der Waals surface area contributed by atoms with Gasteiger partial charge >= 0.3 is 12.6 Å². The van der Waals surface area contributed by atoms with Crippen molar-refractivity contribution in [2.45, 2.75) is 6.61 Å². The molecule has 0 saturated heterocycles. The molecule has 0 radical (unpaired) electrons. The predicted molar refractivity (Wildman–Crippen MR) is 86.1 cm³/mol. The Morgan fingerprint density at radius 3 is 2.38 bits per heavy atom. The van der Waals surface area contributed by atoms with Gasteiger partial charge in [0, 0.05) is 4.47 Å². The highest BCUT2D eigenvalue weighted by atomic mass is 79.9. The maximum Gasteiger partial charge on any atom is 0.387 e. The molecule has 8 heteroatoms. The van der Waals surface area contributed by atoms with Gasteiger partial charge in [-0.25, -0.2) is 4.79 Å². The third kappa shape index (κ3) is 5.31. The van der Waals surface area contributed by atoms with Gasteiger partial charge in [-0.15, -0.1) is 0 Å². The zero-order chi connectivity index (χ0) is 17.5. The van der Waals surface area contributed by atoms with E-state index in [0.29, 0.717) is 10.2 Å². The van der Waals surface area contributed by atoms with Crippen LogP contribution in [0.4, 0.5) is 14.5 Å². The van der Waals surface area contributed by atoms with Crippen molar-refractivity contribution in [1.82, 2.24) is 0 Å². The Kier molecular flexibility index (Phi) is 6.25. The van der Waals surface area contributed by atoms with Crippen molar-refractivity contribution in [3.63, 3.8) is 0 Å². The SMILES string of the molecule is O=C(COC(=O)c1ccc(OC(F)F)cc1)Nc1ccccc1Br. The molecule has 1 amide bonds. The minimum Gasteiger partial charge on any atom is -0.452 e. The summed E-state index contributed by atoms with van der Waals surface area (Å²) in [6.45, 7) is -3.42. The number of halogens is 3. The minimum atomic E-state index is -2.94. The van der Waals surface area contributed by atoms with E-state index in [2.05, 4.69) is 26.0 Å². The first kappa shape index (κ1) is 17.9. The van der Waals surface area contributed by atoms with Crippen LogP contribution in [-0.2, 0) is 9.53 Å². The van der Waals surface area contributed by atoms with Crippen molar-refractivity contribution < 1.29 is 27.8 Å². The lowest BCUT2D eigenvalue weighted by Crippen LogP contribution is -2.21. The Morgan fingerprint density at radius 2 is 1.75 bits per heavy atom. The third-order valence-corrected chi connectivity index (χ3v) is 3.49. The monoisotopic (exact) mass is 399 g/mol. The van der Waals surface area contributed by atoms with E-state index in [1.54, 1.807) is 24.3 Å². The predicted octanol–water partition coefficient (Wildman–Crippen LogP) is 3.85. The van der Waals surface area contributed by atoms with E-state index in [1.807, 2.05) is 0 Å². The number of hydrogen-bond acceptors (Lipinski definition) is 4. The van der Waals surface area contributed by atoms with Gasteiger partial charge in [-0.3, -0.25) is 4.79 Å². The Hall–Kier alpha value is -2.48. The summed E-state index contributed by atoms with van der Waals surface area (Å²) in [6, 6.07) is 11.9. The summed E-state index contributed by atoms with van der Waals surface area (Å²) in [5, 5.41) is 2.58. The molecule has 0 spiro atoms. The zero-order valence-electron chi connectivity index (χ0n) is 12.2. The van der Waals surface area contributed by atoms with Gasteiger partial charge in [0.25, 0.3) is 5.91 Å². The van der Waals surface area contributed by atoms with Crippen molar-refractivity contribution in [2.75, 3.05) is 11.9 Å². The molecule has 2 aromatic rings. The van der Waals surface area contributed by atoms with E-state index < -0.39 is 25.1 Å². The standard InChI is InChI=1S/C16H12BrF2NO4/c17-12-3-1-2-4-13(12)20-14(21)9-23-15(22)10-5-7-11(8-6-10)24-16(18)19/h1-8,16H,9H2,(H,20,21). The van der Waals surface area contributed by atoms with Crippen LogP contribution in [-0.4, -0.2) is 25.1 Å². The fourth-order valence-corrected chi connectivity index (χ4v) is 2.12. The summed E-state index contributed by atoms with van der Waals surface area (Å²) in [4.78, 5) is 23.6. The number of ether oxygens (including phenoxy) is 2. The van der Waals surface area contributed by atoms with Crippen molar-refractivity contribution >= 4 is 33.5 Å². The molecule has 0 heterocycles. The number of para-hydroxylation sites is 1. The van der Waals surface area contributed by atoms with Gasteiger partial charge < -0.3 is 14.8 Å². The van der Waals surface area contributed by atoms with E-state index in [9.17, 15) is 18.4 Å². The number of alkyl halides is 2. The molecule has 0 fully saturated rings. The van der Waals surface area contributed by atoms with E-state index in [1.165, 1.54) is 24.3 Å². The molecule has 24 heavy (non-hydrogen) atoms. The van der Waals surface area contributed by atoms with Gasteiger partial charge in [-0.2, -0.15) is 8.78 Å². The zero-order valence-corrected chi connectivity index (χ0v) is 13.8. The summed E-state index contributed by atoms with van der Waals surface area (Å²) < 4.78 is 33.8. The average molecular weight is 400 g/mol. The summed E-state index contributed by atoms with van der Waals surface area (Å²) in [7, 11) is 0. The lowest BCUT2D eigenvalue weighted by molar-refractivity contribution is -0.119. The first-order chi connectivity index (χ1) is 11.5. The van der Waals surface area contributed by atoms with Crippen LogP contribution >= 0.6 is 15.9 Å². The Morgan fingerprint density at radius 1 is 1.08 bits per heavy atom. The molecule has 0 bridgehead atoms. The van der Waals surface area contributed by atoms with Gasteiger partial charge in [0.15, 0.2) is 6.61 Å². The number of nitrogens with one attached hydrogen (secondary N) is 1. The Balaban J connectivity index is 1.86. The number of esters is 1. The van der Waals surface area contributed by atoms with Crippen LogP contribution in [0.3, 0.4) is 0 Å². The van der Waals surface area contributed by atoms with Crippen LogP contribution in [0.25, 0.3) is 0 Å². The van der Waals surface area contributed by atoms with Crippen LogP contribution in [0.15, 0.2) is 53.0 Å². The molecule has 0 atom stereocenters. The highest BCUT2D eigenvalue weighted by molar-refractivity contribution is 9.10. The molecule has 0 aliphatic rings. The Labute approximate surface area is 144 Å². The number of rotatable bonds is 6. The van der Waals surface area contributed by atoms with Crippen LogP contribution < -0.4 is 10.1 Å². The second-order valence-electron chi connectivity index (χ2n) is 4.51. The molecule has 0 aliphatic carbocycles. The molecule has 0 unspecified atom stereocenters. The van der Waals surface area contributed by atoms with Crippen molar-refractivity contribution in [1.29, 1.82) is 0 Å². The highest BCUT2D eigenvalue weighted by Gasteiger charge is 2.12. The van der Waals surface area contributed by atoms with Gasteiger partial charge in [0.05, 0.1) is 11.3 Å². The topological polar surface area (TPSA) is 64.6 Å². The number of benzene rings is 2. The molecule has 2 rings (SSSR count). The second kappa shape index (κ2) is 8.39. The van der Waals surface area contributed by atoms with Crippen LogP contribution in [0, 0.1) is 0 Å². The van der Waals surface area contributed by atoms with Gasteiger partial charge in [0.2, 0.25) is 0 Å². The third-order valence-electron chi connectivity index (χ3n) is 2.80. The maximum absolute atomic E-state index is 12.0. The highest BCUT2D eigenvalue weighted by Crippen LogP contribution is 2.21. The molecular weight excluding hydrogens is 388 g/mol. The molecule has 126 valence electrons. The normalized spacial score (nSPS) is 10.3. The first-order valence-corrected chi connectivity index (χ1v) is 7.51. The maximum atomic E-state index is 12.0. The van der Waals surface area contributed by atoms with Gasteiger partial charge in [-0.05, 0) is 52.3 Å².